The van der Waals surface area contributed by atoms with Crippen molar-refractivity contribution in [1.29, 1.82) is 0 Å². The Kier molecular flexibility index (Phi) is 6.40. The highest BCUT2D eigenvalue weighted by molar-refractivity contribution is 7.09. The van der Waals surface area contributed by atoms with Crippen LogP contribution in [0.3, 0.4) is 0 Å². The molecule has 0 bridgehead atoms. The third-order valence-electron chi connectivity index (χ3n) is 3.46. The van der Waals surface area contributed by atoms with Crippen LogP contribution in [-0.2, 0) is 13.0 Å². The Morgan fingerprint density at radius 2 is 2.05 bits per heavy atom. The molecule has 0 atom stereocenters. The number of hydrogen-bond donors (Lipinski definition) is 2. The first-order chi connectivity index (χ1) is 10.7. The summed E-state index contributed by atoms with van der Waals surface area (Å²) in [4.78, 5) is 8.74. The number of hydrogen-bond acceptors (Lipinski definition) is 3. The number of aromatic nitrogens is 1. The third kappa shape index (κ3) is 5.15. The fourth-order valence-corrected chi connectivity index (χ4v) is 2.99. The predicted molar refractivity (Wildman–Crippen MR) is 94.6 cm³/mol. The summed E-state index contributed by atoms with van der Waals surface area (Å²) >= 11 is 1.74. The molecule has 0 aliphatic carbocycles. The van der Waals surface area contributed by atoms with Crippen LogP contribution in [0.15, 0.2) is 34.6 Å². The standard InChI is InChI=1S/C17H24N4S/c1-13-7-4-5-8-15(13)11-20-17(18-3)19-10-6-9-16-21-14(2)12-22-16/h4-5,7-8,12H,6,9-11H2,1-3H3,(H2,18,19,20). The highest BCUT2D eigenvalue weighted by atomic mass is 32.1. The Balaban J connectivity index is 1.70. The van der Waals surface area contributed by atoms with Gasteiger partial charge in [-0.15, -0.1) is 11.3 Å². The summed E-state index contributed by atoms with van der Waals surface area (Å²) in [6.07, 6.45) is 2.07. The lowest BCUT2D eigenvalue weighted by Crippen LogP contribution is -2.37. The molecule has 1 heterocycles. The average molecular weight is 316 g/mol. The van der Waals surface area contributed by atoms with Crippen LogP contribution in [-0.4, -0.2) is 24.5 Å². The van der Waals surface area contributed by atoms with Gasteiger partial charge in [0.05, 0.1) is 5.01 Å². The molecule has 0 aliphatic heterocycles. The van der Waals surface area contributed by atoms with Gasteiger partial charge in [-0.25, -0.2) is 4.98 Å². The number of nitrogens with zero attached hydrogens (tertiary/aromatic N) is 2. The lowest BCUT2D eigenvalue weighted by molar-refractivity contribution is 0.738. The minimum absolute atomic E-state index is 0.790. The lowest BCUT2D eigenvalue weighted by atomic mass is 10.1. The van der Waals surface area contributed by atoms with Gasteiger partial charge < -0.3 is 10.6 Å². The van der Waals surface area contributed by atoms with E-state index in [-0.39, 0.29) is 0 Å². The second-order valence-electron chi connectivity index (χ2n) is 5.27. The van der Waals surface area contributed by atoms with Crippen LogP contribution < -0.4 is 10.6 Å². The van der Waals surface area contributed by atoms with Gasteiger partial charge in [-0.2, -0.15) is 0 Å². The molecule has 118 valence electrons. The SMILES string of the molecule is CN=C(NCCCc1nc(C)cs1)NCc1ccccc1C. The zero-order valence-corrected chi connectivity index (χ0v) is 14.3. The second-order valence-corrected chi connectivity index (χ2v) is 6.21. The van der Waals surface area contributed by atoms with Gasteiger partial charge in [0.15, 0.2) is 5.96 Å². The zero-order chi connectivity index (χ0) is 15.8. The molecule has 1 aromatic carbocycles. The Hall–Kier alpha value is -1.88. The van der Waals surface area contributed by atoms with Crippen LogP contribution in [0.1, 0.15) is 28.2 Å². The monoisotopic (exact) mass is 316 g/mol. The van der Waals surface area contributed by atoms with Crippen LogP contribution in [0.25, 0.3) is 0 Å². The Bertz CT molecular complexity index is 619. The predicted octanol–water partition coefficient (Wildman–Crippen LogP) is 3.06. The van der Waals surface area contributed by atoms with E-state index in [1.54, 1.807) is 18.4 Å². The number of aryl methyl sites for hydroxylation is 3. The van der Waals surface area contributed by atoms with E-state index in [0.717, 1.165) is 37.6 Å². The quantitative estimate of drug-likeness (QED) is 0.489. The van der Waals surface area contributed by atoms with Gasteiger partial charge in [0, 0.05) is 37.6 Å². The second kappa shape index (κ2) is 8.54. The molecule has 2 aromatic rings. The molecule has 0 fully saturated rings. The van der Waals surface area contributed by atoms with Gasteiger partial charge in [-0.1, -0.05) is 24.3 Å². The Morgan fingerprint density at radius 1 is 1.23 bits per heavy atom. The molecule has 0 saturated heterocycles. The molecule has 0 saturated carbocycles. The topological polar surface area (TPSA) is 49.3 Å². The van der Waals surface area contributed by atoms with Crippen molar-refractivity contribution in [3.63, 3.8) is 0 Å². The van der Waals surface area contributed by atoms with Crippen LogP contribution in [0, 0.1) is 13.8 Å². The molecule has 22 heavy (non-hydrogen) atoms. The van der Waals surface area contributed by atoms with Gasteiger partial charge in [0.25, 0.3) is 0 Å². The smallest absolute Gasteiger partial charge is 0.191 e. The first-order valence-corrected chi connectivity index (χ1v) is 8.47. The van der Waals surface area contributed by atoms with Crippen LogP contribution in [0.2, 0.25) is 0 Å². The van der Waals surface area contributed by atoms with Crippen molar-refractivity contribution < 1.29 is 0 Å². The fourth-order valence-electron chi connectivity index (χ4n) is 2.17. The first-order valence-electron chi connectivity index (χ1n) is 7.59. The molecular formula is C17H24N4S. The minimum atomic E-state index is 0.790. The number of guanidine groups is 1. The van der Waals surface area contributed by atoms with Crippen molar-refractivity contribution in [2.75, 3.05) is 13.6 Å². The van der Waals surface area contributed by atoms with E-state index in [1.807, 2.05) is 6.92 Å². The van der Waals surface area contributed by atoms with Crippen LogP contribution >= 0.6 is 11.3 Å². The largest absolute Gasteiger partial charge is 0.356 e. The fraction of sp³-hybridized carbons (Fsp3) is 0.412. The summed E-state index contributed by atoms with van der Waals surface area (Å²) in [7, 11) is 1.80. The number of rotatable bonds is 6. The number of thiazole rings is 1. The van der Waals surface area contributed by atoms with E-state index >= 15 is 0 Å². The minimum Gasteiger partial charge on any atom is -0.356 e. The Morgan fingerprint density at radius 3 is 2.73 bits per heavy atom. The first kappa shape index (κ1) is 16.5. The maximum absolute atomic E-state index is 4.48. The number of benzene rings is 1. The molecule has 0 aliphatic rings. The van der Waals surface area contributed by atoms with Crippen LogP contribution in [0.4, 0.5) is 0 Å². The third-order valence-corrected chi connectivity index (χ3v) is 4.48. The molecule has 0 spiro atoms. The van der Waals surface area contributed by atoms with Crippen LogP contribution in [0.5, 0.6) is 0 Å². The van der Waals surface area contributed by atoms with Gasteiger partial charge in [0.2, 0.25) is 0 Å². The summed E-state index contributed by atoms with van der Waals surface area (Å²) in [5.41, 5.74) is 3.71. The van der Waals surface area contributed by atoms with Crippen molar-refractivity contribution in [2.24, 2.45) is 4.99 Å². The molecule has 5 heteroatoms. The van der Waals surface area contributed by atoms with E-state index in [4.69, 9.17) is 0 Å². The van der Waals surface area contributed by atoms with E-state index < -0.39 is 0 Å². The lowest BCUT2D eigenvalue weighted by Gasteiger charge is -2.12. The number of nitrogens with one attached hydrogen (secondary N) is 2. The van der Waals surface area contributed by atoms with E-state index in [0.29, 0.717) is 0 Å². The van der Waals surface area contributed by atoms with Gasteiger partial charge in [0.1, 0.15) is 0 Å². The molecule has 1 aromatic heterocycles. The van der Waals surface area contributed by atoms with Crippen molar-refractivity contribution >= 4 is 17.3 Å². The molecule has 2 N–H and O–H groups in total. The number of aliphatic imine (C=N–C) groups is 1. The maximum atomic E-state index is 4.48. The molecule has 0 radical (unpaired) electrons. The molecule has 2 rings (SSSR count). The summed E-state index contributed by atoms with van der Waals surface area (Å²) in [5.74, 6) is 0.846. The Labute approximate surface area is 136 Å². The maximum Gasteiger partial charge on any atom is 0.191 e. The molecule has 0 unspecified atom stereocenters. The van der Waals surface area contributed by atoms with Gasteiger partial charge in [-0.05, 0) is 31.4 Å². The highest BCUT2D eigenvalue weighted by Crippen LogP contribution is 2.10. The zero-order valence-electron chi connectivity index (χ0n) is 13.5. The van der Waals surface area contributed by atoms with E-state index in [2.05, 4.69) is 57.2 Å². The summed E-state index contributed by atoms with van der Waals surface area (Å²) in [5, 5.41) is 10.0. The normalized spacial score (nSPS) is 11.5. The van der Waals surface area contributed by atoms with Crippen molar-refractivity contribution in [2.45, 2.75) is 33.2 Å². The van der Waals surface area contributed by atoms with E-state index in [9.17, 15) is 0 Å². The van der Waals surface area contributed by atoms with Crippen molar-refractivity contribution in [3.8, 4) is 0 Å². The molecule has 0 amide bonds. The molecule has 4 nitrogen and oxygen atoms in total. The summed E-state index contributed by atoms with van der Waals surface area (Å²) in [6, 6.07) is 8.39. The van der Waals surface area contributed by atoms with Gasteiger partial charge in [-0.3, -0.25) is 4.99 Å². The summed E-state index contributed by atoms with van der Waals surface area (Å²) < 4.78 is 0. The summed E-state index contributed by atoms with van der Waals surface area (Å²) in [6.45, 7) is 5.85. The average Bonchev–Trinajstić information content (AvgIpc) is 2.93. The van der Waals surface area contributed by atoms with Crippen molar-refractivity contribution in [1.82, 2.24) is 15.6 Å². The highest BCUT2D eigenvalue weighted by Gasteiger charge is 2.01. The van der Waals surface area contributed by atoms with Crippen molar-refractivity contribution in [3.05, 3.63) is 51.5 Å². The van der Waals surface area contributed by atoms with Gasteiger partial charge >= 0.3 is 0 Å². The van der Waals surface area contributed by atoms with E-state index in [1.165, 1.54) is 16.1 Å². The molecular weight excluding hydrogens is 292 g/mol.